The van der Waals surface area contributed by atoms with Crippen LogP contribution in [0.1, 0.15) is 24.6 Å². The van der Waals surface area contributed by atoms with Crippen LogP contribution in [0, 0.1) is 11.8 Å². The molecule has 0 spiro atoms. The predicted octanol–water partition coefficient (Wildman–Crippen LogP) is 3.70. The first-order chi connectivity index (χ1) is 17.7. The van der Waals surface area contributed by atoms with Gasteiger partial charge in [-0.1, -0.05) is 24.1 Å². The number of hydrogen-bond acceptors (Lipinski definition) is 7. The lowest BCUT2D eigenvalue weighted by Crippen LogP contribution is -2.46. The summed E-state index contributed by atoms with van der Waals surface area (Å²) in [4.78, 5) is 2.18. The number of nitrogens with one attached hydrogen (secondary N) is 2. The van der Waals surface area contributed by atoms with Crippen LogP contribution in [0.15, 0.2) is 47.4 Å². The molecule has 1 saturated heterocycles. The maximum absolute atomic E-state index is 14.7. The van der Waals surface area contributed by atoms with Crippen molar-refractivity contribution in [3.63, 3.8) is 0 Å². The number of anilines is 2. The number of nitrogens with zero attached hydrogens (tertiary/aromatic N) is 3. The fraction of sp³-hybridized carbons (Fsp3) is 0.370. The van der Waals surface area contributed by atoms with Gasteiger partial charge in [-0.2, -0.15) is 5.10 Å². The molecule has 1 aliphatic heterocycles. The quantitative estimate of drug-likeness (QED) is 0.455. The third-order valence-electron chi connectivity index (χ3n) is 6.28. The molecule has 4 rings (SSSR count). The van der Waals surface area contributed by atoms with Crippen molar-refractivity contribution in [2.45, 2.75) is 30.5 Å². The lowest BCUT2D eigenvalue weighted by atomic mass is 10.0. The van der Waals surface area contributed by atoms with Gasteiger partial charge in [-0.15, -0.1) is 0 Å². The van der Waals surface area contributed by atoms with Gasteiger partial charge in [0.1, 0.15) is 23.4 Å². The van der Waals surface area contributed by atoms with Crippen LogP contribution in [0.3, 0.4) is 0 Å². The molecule has 1 fully saturated rings. The predicted molar refractivity (Wildman–Crippen MR) is 146 cm³/mol. The van der Waals surface area contributed by atoms with Crippen molar-refractivity contribution in [1.29, 1.82) is 0 Å². The minimum atomic E-state index is -3.34. The number of fused-ring (bicyclic) bond motifs is 1. The molecule has 2 atom stereocenters. The van der Waals surface area contributed by atoms with Crippen LogP contribution >= 0.6 is 0 Å². The van der Waals surface area contributed by atoms with Gasteiger partial charge in [-0.05, 0) is 50.6 Å². The zero-order chi connectivity index (χ0) is 26.6. The SMILES string of the molecule is C/C=C/c1c(C#CCNc2ccc(S(C)(=O)=O)cc2OC)nn2c(N[C@@H]3CCN(C)C[C@@H]3F)cccc12. The van der Waals surface area contributed by atoms with Crippen LogP contribution in [0.25, 0.3) is 11.6 Å². The van der Waals surface area contributed by atoms with Crippen molar-refractivity contribution in [1.82, 2.24) is 14.5 Å². The van der Waals surface area contributed by atoms with Crippen LogP contribution in [-0.4, -0.2) is 75.2 Å². The van der Waals surface area contributed by atoms with Crippen molar-refractivity contribution in [2.75, 3.05) is 50.7 Å². The summed E-state index contributed by atoms with van der Waals surface area (Å²) in [6.45, 7) is 3.47. The van der Waals surface area contributed by atoms with Gasteiger partial charge in [0.15, 0.2) is 9.84 Å². The van der Waals surface area contributed by atoms with E-state index in [2.05, 4.69) is 22.5 Å². The number of hydrogen-bond donors (Lipinski definition) is 2. The molecule has 8 nitrogen and oxygen atoms in total. The van der Waals surface area contributed by atoms with Gasteiger partial charge in [0.05, 0.1) is 35.8 Å². The Morgan fingerprint density at radius 3 is 2.81 bits per heavy atom. The van der Waals surface area contributed by atoms with Crippen LogP contribution < -0.4 is 15.4 Å². The molecular weight excluding hydrogens is 493 g/mol. The Balaban J connectivity index is 1.57. The molecule has 0 saturated carbocycles. The summed E-state index contributed by atoms with van der Waals surface area (Å²) in [6.07, 6.45) is 4.80. The Morgan fingerprint density at radius 1 is 1.30 bits per heavy atom. The minimum Gasteiger partial charge on any atom is -0.495 e. The summed E-state index contributed by atoms with van der Waals surface area (Å²) < 4.78 is 45.4. The molecule has 1 aliphatic rings. The number of ether oxygens (including phenoxy) is 1. The maximum Gasteiger partial charge on any atom is 0.175 e. The number of benzene rings is 1. The highest BCUT2D eigenvalue weighted by molar-refractivity contribution is 7.90. The fourth-order valence-electron chi connectivity index (χ4n) is 4.35. The third kappa shape index (κ3) is 6.06. The highest BCUT2D eigenvalue weighted by Crippen LogP contribution is 2.27. The number of sulfone groups is 1. The number of likely N-dealkylation sites (tertiary alicyclic amines) is 1. The van der Waals surface area contributed by atoms with E-state index in [1.165, 1.54) is 19.2 Å². The standard InChI is InChI=1S/C27H32FN5O3S/c1-5-8-20-22(9-7-15-29-24-13-12-19(37(4,34)35)17-26(24)36-3)31-33-25(20)10-6-11-27(33)30-23-14-16-32(2)18-21(23)28/h5-6,8,10-13,17,21,23,29-30H,14-16,18H2,1-4H3/b8-5+/t21-,23+/m0/s1. The molecule has 0 amide bonds. The molecule has 0 aliphatic carbocycles. The number of alkyl halides is 1. The maximum atomic E-state index is 14.7. The second-order valence-corrected chi connectivity index (χ2v) is 11.1. The Morgan fingerprint density at radius 2 is 2.11 bits per heavy atom. The van der Waals surface area contributed by atoms with Gasteiger partial charge in [0.2, 0.25) is 0 Å². The van der Waals surface area contributed by atoms with E-state index in [-0.39, 0.29) is 10.9 Å². The first kappa shape index (κ1) is 26.5. The molecule has 0 bridgehead atoms. The number of aromatic nitrogens is 2. The third-order valence-corrected chi connectivity index (χ3v) is 7.39. The molecule has 3 aromatic rings. The van der Waals surface area contributed by atoms with Crippen molar-refractivity contribution in [2.24, 2.45) is 0 Å². The fourth-order valence-corrected chi connectivity index (χ4v) is 4.98. The van der Waals surface area contributed by atoms with Crippen molar-refractivity contribution in [3.05, 3.63) is 53.7 Å². The van der Waals surface area contributed by atoms with Gasteiger partial charge in [-0.3, -0.25) is 0 Å². The van der Waals surface area contributed by atoms with E-state index in [9.17, 15) is 12.8 Å². The number of allylic oxidation sites excluding steroid dienone is 1. The first-order valence-electron chi connectivity index (χ1n) is 12.1. The lowest BCUT2D eigenvalue weighted by Gasteiger charge is -2.33. The van der Waals surface area contributed by atoms with Crippen LogP contribution in [0.4, 0.5) is 15.9 Å². The largest absolute Gasteiger partial charge is 0.495 e. The minimum absolute atomic E-state index is 0.186. The van der Waals surface area contributed by atoms with Gasteiger partial charge >= 0.3 is 0 Å². The van der Waals surface area contributed by atoms with Gasteiger partial charge in [0.25, 0.3) is 0 Å². The molecule has 2 aromatic heterocycles. The van der Waals surface area contributed by atoms with Crippen molar-refractivity contribution >= 4 is 32.9 Å². The second kappa shape index (κ2) is 11.2. The van der Waals surface area contributed by atoms with Gasteiger partial charge in [0, 0.05) is 31.0 Å². The molecular formula is C27H32FN5O3S. The molecule has 2 N–H and O–H groups in total. The zero-order valence-corrected chi connectivity index (χ0v) is 22.3. The zero-order valence-electron chi connectivity index (χ0n) is 21.5. The summed E-state index contributed by atoms with van der Waals surface area (Å²) in [5, 5.41) is 11.3. The van der Waals surface area contributed by atoms with E-state index < -0.39 is 16.0 Å². The van der Waals surface area contributed by atoms with Crippen LogP contribution in [0.5, 0.6) is 5.75 Å². The topological polar surface area (TPSA) is 88.0 Å². The average Bonchev–Trinajstić information content (AvgIpc) is 3.21. The Kier molecular flexibility index (Phi) is 8.05. The Bertz CT molecular complexity index is 1470. The van der Waals surface area contributed by atoms with E-state index in [1.54, 1.807) is 10.6 Å². The summed E-state index contributed by atoms with van der Waals surface area (Å²) in [5.74, 6) is 7.37. The highest BCUT2D eigenvalue weighted by atomic mass is 32.2. The van der Waals surface area contributed by atoms with E-state index in [0.29, 0.717) is 36.6 Å². The summed E-state index contributed by atoms with van der Waals surface area (Å²) in [6, 6.07) is 10.2. The summed E-state index contributed by atoms with van der Waals surface area (Å²) in [5.41, 5.74) is 3.00. The Labute approximate surface area is 217 Å². The van der Waals surface area contributed by atoms with Crippen LogP contribution in [-0.2, 0) is 9.84 Å². The monoisotopic (exact) mass is 525 g/mol. The molecule has 0 unspecified atom stereocenters. The normalized spacial score (nSPS) is 18.5. The lowest BCUT2D eigenvalue weighted by molar-refractivity contribution is 0.149. The van der Waals surface area contributed by atoms with Crippen LogP contribution in [0.2, 0.25) is 0 Å². The number of piperidine rings is 1. The average molecular weight is 526 g/mol. The summed E-state index contributed by atoms with van der Waals surface area (Å²) in [7, 11) is 0.0822. The first-order valence-corrected chi connectivity index (χ1v) is 13.9. The van der Waals surface area contributed by atoms with Gasteiger partial charge in [-0.25, -0.2) is 17.3 Å². The molecule has 10 heteroatoms. The molecule has 196 valence electrons. The summed E-state index contributed by atoms with van der Waals surface area (Å²) >= 11 is 0. The van der Waals surface area contributed by atoms with E-state index in [4.69, 9.17) is 9.84 Å². The number of rotatable bonds is 7. The number of methoxy groups -OCH3 is 1. The van der Waals surface area contributed by atoms with E-state index >= 15 is 0 Å². The molecule has 3 heterocycles. The molecule has 37 heavy (non-hydrogen) atoms. The van der Waals surface area contributed by atoms with Crippen molar-refractivity contribution in [3.8, 4) is 17.6 Å². The number of halogens is 1. The smallest absolute Gasteiger partial charge is 0.175 e. The van der Waals surface area contributed by atoms with Gasteiger partial charge < -0.3 is 20.3 Å². The number of pyridine rings is 1. The van der Waals surface area contributed by atoms with E-state index in [1.807, 2.05) is 49.2 Å². The Hall–Kier alpha value is -3.55. The molecule has 0 radical (unpaired) electrons. The highest BCUT2D eigenvalue weighted by Gasteiger charge is 2.28. The van der Waals surface area contributed by atoms with Crippen molar-refractivity contribution < 1.29 is 17.5 Å². The second-order valence-electron chi connectivity index (χ2n) is 9.08. The molecule has 1 aromatic carbocycles. The van der Waals surface area contributed by atoms with E-state index in [0.717, 1.165) is 29.7 Å².